The fraction of sp³-hybridized carbons (Fsp3) is 0.562. The highest BCUT2D eigenvalue weighted by atomic mass is 32.1. The summed E-state index contributed by atoms with van der Waals surface area (Å²) in [5.41, 5.74) is -0.0771. The van der Waals surface area contributed by atoms with Crippen LogP contribution < -0.4 is 10.2 Å². The third-order valence-electron chi connectivity index (χ3n) is 3.72. The zero-order valence-electron chi connectivity index (χ0n) is 14.4. The third-order valence-corrected chi connectivity index (χ3v) is 4.57. The summed E-state index contributed by atoms with van der Waals surface area (Å²) < 4.78 is 5.22. The molecule has 1 fully saturated rings. The van der Waals surface area contributed by atoms with Gasteiger partial charge in [0, 0.05) is 19.0 Å². The van der Waals surface area contributed by atoms with Crippen molar-refractivity contribution in [1.82, 2.24) is 15.0 Å². The molecule has 0 spiro atoms. The van der Waals surface area contributed by atoms with Crippen LogP contribution in [-0.4, -0.2) is 39.7 Å². The summed E-state index contributed by atoms with van der Waals surface area (Å²) in [4.78, 5) is 27.8. The van der Waals surface area contributed by atoms with Crippen LogP contribution in [0.5, 0.6) is 0 Å². The van der Waals surface area contributed by atoms with Gasteiger partial charge in [0.25, 0.3) is 0 Å². The van der Waals surface area contributed by atoms with E-state index in [0.717, 1.165) is 31.7 Å². The number of fused-ring (bicyclic) bond motifs is 1. The van der Waals surface area contributed by atoms with Crippen LogP contribution in [0.4, 0.5) is 15.7 Å². The molecule has 1 saturated heterocycles. The van der Waals surface area contributed by atoms with Gasteiger partial charge in [-0.3, -0.25) is 5.32 Å². The highest BCUT2D eigenvalue weighted by Crippen LogP contribution is 2.27. The Bertz CT molecular complexity index is 814. The third kappa shape index (κ3) is 4.33. The molecule has 0 unspecified atom stereocenters. The maximum absolute atomic E-state index is 11.8. The second-order valence-electron chi connectivity index (χ2n) is 6.89. The van der Waals surface area contributed by atoms with E-state index in [1.165, 1.54) is 11.3 Å². The molecule has 0 bridgehead atoms. The fourth-order valence-electron chi connectivity index (χ4n) is 2.55. The minimum atomic E-state index is -0.569. The topological polar surface area (TPSA) is 104 Å². The minimum Gasteiger partial charge on any atom is -0.444 e. The molecule has 3 heterocycles. The number of ether oxygens (including phenoxy) is 1. The second-order valence-corrected chi connectivity index (χ2v) is 7.87. The van der Waals surface area contributed by atoms with E-state index >= 15 is 0 Å². The number of anilines is 2. The Kier molecular flexibility index (Phi) is 4.72. The smallest absolute Gasteiger partial charge is 0.413 e. The number of nitrogens with one attached hydrogen (secondary N) is 1. The average Bonchev–Trinajstić information content (AvgIpc) is 2.94. The van der Waals surface area contributed by atoms with Gasteiger partial charge in [-0.15, -0.1) is 0 Å². The Balaban J connectivity index is 1.72. The normalized spacial score (nSPS) is 15.8. The van der Waals surface area contributed by atoms with Gasteiger partial charge in [0.15, 0.2) is 15.6 Å². The second kappa shape index (κ2) is 6.80. The average molecular weight is 360 g/mol. The van der Waals surface area contributed by atoms with Crippen molar-refractivity contribution in [3.05, 3.63) is 6.20 Å². The number of piperidine rings is 1. The van der Waals surface area contributed by atoms with Crippen molar-refractivity contribution in [1.29, 1.82) is 5.26 Å². The molecule has 0 saturated carbocycles. The largest absolute Gasteiger partial charge is 0.444 e. The van der Waals surface area contributed by atoms with Crippen molar-refractivity contribution in [2.45, 2.75) is 39.2 Å². The molecule has 1 aliphatic rings. The summed E-state index contributed by atoms with van der Waals surface area (Å²) in [6.45, 7) is 6.99. The summed E-state index contributed by atoms with van der Waals surface area (Å²) in [6.07, 6.45) is 2.81. The lowest BCUT2D eigenvalue weighted by atomic mass is 9.99. The van der Waals surface area contributed by atoms with E-state index in [-0.39, 0.29) is 5.92 Å². The molecule has 2 aromatic rings. The van der Waals surface area contributed by atoms with Crippen molar-refractivity contribution in [3.8, 4) is 6.07 Å². The van der Waals surface area contributed by atoms with Crippen LogP contribution in [0.15, 0.2) is 6.20 Å². The number of thiazole rings is 1. The molecule has 132 valence electrons. The van der Waals surface area contributed by atoms with Gasteiger partial charge in [-0.05, 0) is 33.6 Å². The van der Waals surface area contributed by atoms with Gasteiger partial charge in [-0.1, -0.05) is 11.3 Å². The van der Waals surface area contributed by atoms with Crippen LogP contribution in [0.25, 0.3) is 10.5 Å². The SMILES string of the molecule is CC(C)(C)OC(=O)Nc1nc2ncc(N3CCC(C#N)CC3)nc2s1. The van der Waals surface area contributed by atoms with Gasteiger partial charge in [0.1, 0.15) is 11.4 Å². The molecule has 1 N–H and O–H groups in total. The van der Waals surface area contributed by atoms with Crippen molar-refractivity contribution in [2.24, 2.45) is 5.92 Å². The number of carbonyl (C=O) groups is 1. The maximum atomic E-state index is 11.8. The van der Waals surface area contributed by atoms with Crippen LogP contribution in [0, 0.1) is 17.2 Å². The first-order chi connectivity index (χ1) is 11.8. The molecule has 0 atom stereocenters. The van der Waals surface area contributed by atoms with Gasteiger partial charge in [0.2, 0.25) is 0 Å². The molecule has 0 aromatic carbocycles. The first-order valence-corrected chi connectivity index (χ1v) is 8.94. The van der Waals surface area contributed by atoms with Gasteiger partial charge in [-0.25, -0.2) is 14.8 Å². The minimum absolute atomic E-state index is 0.126. The highest BCUT2D eigenvalue weighted by molar-refractivity contribution is 7.21. The molecule has 1 amide bonds. The molecular formula is C16H20N6O2S. The van der Waals surface area contributed by atoms with E-state index in [1.807, 2.05) is 0 Å². The van der Waals surface area contributed by atoms with Crippen LogP contribution >= 0.6 is 11.3 Å². The summed E-state index contributed by atoms with van der Waals surface area (Å²) in [5.74, 6) is 0.900. The van der Waals surface area contributed by atoms with Crippen LogP contribution in [0.3, 0.4) is 0 Å². The predicted molar refractivity (Wildman–Crippen MR) is 95.6 cm³/mol. The van der Waals surface area contributed by atoms with Crippen LogP contribution in [0.1, 0.15) is 33.6 Å². The van der Waals surface area contributed by atoms with Crippen LogP contribution in [0.2, 0.25) is 0 Å². The molecular weight excluding hydrogens is 340 g/mol. The van der Waals surface area contributed by atoms with Crippen molar-refractivity contribution in [2.75, 3.05) is 23.3 Å². The summed E-state index contributed by atoms with van der Waals surface area (Å²) in [7, 11) is 0. The van der Waals surface area contributed by atoms with E-state index in [2.05, 4.69) is 31.2 Å². The van der Waals surface area contributed by atoms with E-state index < -0.39 is 11.7 Å². The maximum Gasteiger partial charge on any atom is 0.413 e. The Hall–Kier alpha value is -2.47. The highest BCUT2D eigenvalue weighted by Gasteiger charge is 2.21. The van der Waals surface area contributed by atoms with Crippen molar-refractivity contribution in [3.63, 3.8) is 0 Å². The van der Waals surface area contributed by atoms with Gasteiger partial charge < -0.3 is 9.64 Å². The van der Waals surface area contributed by atoms with E-state index in [9.17, 15) is 4.79 Å². The Morgan fingerprint density at radius 1 is 1.40 bits per heavy atom. The quantitative estimate of drug-likeness (QED) is 0.877. The number of hydrogen-bond donors (Lipinski definition) is 1. The summed E-state index contributed by atoms with van der Waals surface area (Å²) in [5, 5.41) is 12.0. The lowest BCUT2D eigenvalue weighted by Crippen LogP contribution is -2.33. The number of hydrogen-bond acceptors (Lipinski definition) is 8. The monoisotopic (exact) mass is 360 g/mol. The number of nitriles is 1. The van der Waals surface area contributed by atoms with Crippen molar-refractivity contribution >= 4 is 38.9 Å². The molecule has 9 heteroatoms. The number of aromatic nitrogens is 3. The summed E-state index contributed by atoms with van der Waals surface area (Å²) >= 11 is 1.26. The Morgan fingerprint density at radius 2 is 2.12 bits per heavy atom. The zero-order valence-corrected chi connectivity index (χ0v) is 15.3. The molecule has 0 radical (unpaired) electrons. The Morgan fingerprint density at radius 3 is 2.76 bits per heavy atom. The zero-order chi connectivity index (χ0) is 18.0. The standard InChI is InChI=1S/C16H20N6O2S/c1-16(2,3)24-15(23)21-14-20-12-13(25-14)19-11(9-18-12)22-6-4-10(8-17)5-7-22/h9-10H,4-7H2,1-3H3,(H,18,20,21,23). The molecule has 25 heavy (non-hydrogen) atoms. The fourth-order valence-corrected chi connectivity index (χ4v) is 3.33. The number of amides is 1. The lowest BCUT2D eigenvalue weighted by molar-refractivity contribution is 0.0636. The molecule has 2 aromatic heterocycles. The molecule has 1 aliphatic heterocycles. The van der Waals surface area contributed by atoms with E-state index in [4.69, 9.17) is 10.00 Å². The number of carbonyl (C=O) groups excluding carboxylic acids is 1. The summed E-state index contributed by atoms with van der Waals surface area (Å²) in [6, 6.07) is 2.32. The number of rotatable bonds is 2. The van der Waals surface area contributed by atoms with Crippen LogP contribution in [-0.2, 0) is 4.74 Å². The lowest BCUT2D eigenvalue weighted by Gasteiger charge is -2.29. The van der Waals surface area contributed by atoms with Gasteiger partial charge in [-0.2, -0.15) is 10.2 Å². The predicted octanol–water partition coefficient (Wildman–Crippen LogP) is 3.17. The molecule has 0 aliphatic carbocycles. The first kappa shape index (κ1) is 17.4. The molecule has 3 rings (SSSR count). The van der Waals surface area contributed by atoms with Gasteiger partial charge in [0.05, 0.1) is 12.3 Å². The first-order valence-electron chi connectivity index (χ1n) is 8.12. The molecule has 8 nitrogen and oxygen atoms in total. The number of nitrogens with zero attached hydrogens (tertiary/aromatic N) is 5. The van der Waals surface area contributed by atoms with Crippen molar-refractivity contribution < 1.29 is 9.53 Å². The van der Waals surface area contributed by atoms with Gasteiger partial charge >= 0.3 is 6.09 Å². The van der Waals surface area contributed by atoms with E-state index in [1.54, 1.807) is 27.0 Å². The van der Waals surface area contributed by atoms with E-state index in [0.29, 0.717) is 15.6 Å². The Labute approximate surface area is 149 Å².